The molecule has 0 radical (unpaired) electrons. The lowest BCUT2D eigenvalue weighted by Crippen LogP contribution is -2.43. The summed E-state index contributed by atoms with van der Waals surface area (Å²) in [5.41, 5.74) is 2.10. The predicted octanol–water partition coefficient (Wildman–Crippen LogP) is 3.24. The van der Waals surface area contributed by atoms with Crippen LogP contribution in [0.3, 0.4) is 0 Å². The number of aromatic nitrogens is 2. The first-order valence-electron chi connectivity index (χ1n) is 7.76. The zero-order valence-corrected chi connectivity index (χ0v) is 14.5. The average molecular weight is 348 g/mol. The zero-order chi connectivity index (χ0) is 17.4. The Morgan fingerprint density at radius 3 is 2.88 bits per heavy atom. The van der Waals surface area contributed by atoms with E-state index in [1.54, 1.807) is 28.6 Å². The van der Waals surface area contributed by atoms with Crippen molar-refractivity contribution in [1.29, 1.82) is 0 Å². The van der Waals surface area contributed by atoms with Crippen molar-refractivity contribution in [3.8, 4) is 0 Å². The smallest absolute Gasteiger partial charge is 0.342 e. The first-order chi connectivity index (χ1) is 11.4. The van der Waals surface area contributed by atoms with E-state index >= 15 is 0 Å². The zero-order valence-electron chi connectivity index (χ0n) is 13.7. The Kier molecular flexibility index (Phi) is 4.32. The van der Waals surface area contributed by atoms with Crippen LogP contribution in [-0.2, 0) is 4.74 Å². The number of aryl methyl sites for hydroxylation is 1. The number of carbonyl (C=O) groups is 2. The number of halogens is 1. The Hall–Kier alpha value is -2.34. The summed E-state index contributed by atoms with van der Waals surface area (Å²) in [5, 5.41) is 4.85. The maximum absolute atomic E-state index is 13.0. The second-order valence-corrected chi connectivity index (χ2v) is 6.18. The van der Waals surface area contributed by atoms with E-state index in [4.69, 9.17) is 16.3 Å². The van der Waals surface area contributed by atoms with Crippen molar-refractivity contribution in [1.82, 2.24) is 9.78 Å². The third kappa shape index (κ3) is 2.67. The normalized spacial score (nSPS) is 16.9. The van der Waals surface area contributed by atoms with Crippen LogP contribution < -0.4 is 4.90 Å². The summed E-state index contributed by atoms with van der Waals surface area (Å²) in [4.78, 5) is 26.7. The first-order valence-corrected chi connectivity index (χ1v) is 8.14. The number of benzene rings is 1. The lowest BCUT2D eigenvalue weighted by Gasteiger charge is -2.32. The summed E-state index contributed by atoms with van der Waals surface area (Å²) >= 11 is 6.07. The van der Waals surface area contributed by atoms with E-state index in [1.807, 2.05) is 19.9 Å². The number of hydrogen-bond acceptors (Lipinski definition) is 4. The van der Waals surface area contributed by atoms with Gasteiger partial charge < -0.3 is 9.64 Å². The second-order valence-electron chi connectivity index (χ2n) is 5.77. The minimum Gasteiger partial charge on any atom is -0.462 e. The number of fused-ring (bicyclic) bond motifs is 1. The van der Waals surface area contributed by atoms with Crippen LogP contribution in [0, 0.1) is 6.92 Å². The van der Waals surface area contributed by atoms with Gasteiger partial charge >= 0.3 is 5.97 Å². The molecule has 0 saturated carbocycles. The molecule has 6 nitrogen and oxygen atoms in total. The number of anilines is 1. The monoisotopic (exact) mass is 347 g/mol. The summed E-state index contributed by atoms with van der Waals surface area (Å²) in [5.74, 6) is -0.802. The van der Waals surface area contributed by atoms with Gasteiger partial charge in [0.1, 0.15) is 11.3 Å². The van der Waals surface area contributed by atoms with Gasteiger partial charge in [-0.3, -0.25) is 9.48 Å². The van der Waals surface area contributed by atoms with E-state index in [2.05, 4.69) is 5.10 Å². The molecule has 0 fully saturated rings. The lowest BCUT2D eigenvalue weighted by molar-refractivity contribution is 0.0522. The number of nitrogens with zero attached hydrogens (tertiary/aromatic N) is 3. The Morgan fingerprint density at radius 2 is 2.21 bits per heavy atom. The third-order valence-corrected chi connectivity index (χ3v) is 4.48. The Bertz CT molecular complexity index is 815. The highest BCUT2D eigenvalue weighted by Gasteiger charge is 2.35. The number of carbonyl (C=O) groups excluding carboxylic acids is 2. The van der Waals surface area contributed by atoms with E-state index in [9.17, 15) is 9.59 Å². The van der Waals surface area contributed by atoms with Gasteiger partial charge in [0.05, 0.1) is 18.8 Å². The first kappa shape index (κ1) is 16.5. The van der Waals surface area contributed by atoms with Crippen LogP contribution in [0.1, 0.15) is 46.3 Å². The van der Waals surface area contributed by atoms with Gasteiger partial charge in [0.25, 0.3) is 5.91 Å². The topological polar surface area (TPSA) is 64.4 Å². The molecule has 1 amide bonds. The summed E-state index contributed by atoms with van der Waals surface area (Å²) in [6, 6.07) is 5.37. The molecule has 1 aromatic carbocycles. The van der Waals surface area contributed by atoms with Crippen LogP contribution in [0.4, 0.5) is 5.69 Å². The molecule has 3 rings (SSSR count). The van der Waals surface area contributed by atoms with E-state index in [1.165, 1.54) is 6.20 Å². The van der Waals surface area contributed by atoms with Crippen LogP contribution >= 0.6 is 11.6 Å². The van der Waals surface area contributed by atoms with Gasteiger partial charge in [-0.1, -0.05) is 11.6 Å². The molecule has 126 valence electrons. The van der Waals surface area contributed by atoms with Crippen molar-refractivity contribution in [2.45, 2.75) is 26.8 Å². The number of rotatable bonds is 3. The van der Waals surface area contributed by atoms with Gasteiger partial charge in [0, 0.05) is 17.3 Å². The molecular formula is C17H18ClN3O3. The van der Waals surface area contributed by atoms with E-state index < -0.39 is 5.97 Å². The predicted molar refractivity (Wildman–Crippen MR) is 90.8 cm³/mol. The Labute approximate surface area is 145 Å². The molecule has 2 heterocycles. The molecule has 7 heteroatoms. The largest absolute Gasteiger partial charge is 0.462 e. The quantitative estimate of drug-likeness (QED) is 0.799. The molecule has 1 aliphatic heterocycles. The van der Waals surface area contributed by atoms with Crippen LogP contribution in [0.15, 0.2) is 24.4 Å². The van der Waals surface area contributed by atoms with Gasteiger partial charge in [0.15, 0.2) is 0 Å². The fraction of sp³-hybridized carbons (Fsp3) is 0.353. The van der Waals surface area contributed by atoms with Gasteiger partial charge in [0.2, 0.25) is 0 Å². The van der Waals surface area contributed by atoms with Gasteiger partial charge in [-0.2, -0.15) is 5.10 Å². The maximum Gasteiger partial charge on any atom is 0.342 e. The number of amides is 1. The summed E-state index contributed by atoms with van der Waals surface area (Å²) in [7, 11) is 0. The molecule has 1 atom stereocenters. The maximum atomic E-state index is 13.0. The van der Waals surface area contributed by atoms with Crippen molar-refractivity contribution in [2.75, 3.05) is 18.1 Å². The lowest BCUT2D eigenvalue weighted by atomic mass is 10.1. The van der Waals surface area contributed by atoms with Crippen LogP contribution in [0.2, 0.25) is 5.02 Å². The number of ether oxygens (including phenoxy) is 1. The van der Waals surface area contributed by atoms with Crippen LogP contribution in [0.5, 0.6) is 0 Å². The molecule has 0 aliphatic carbocycles. The molecule has 0 N–H and O–H groups in total. The fourth-order valence-electron chi connectivity index (χ4n) is 2.84. The molecule has 1 aliphatic rings. The summed E-state index contributed by atoms with van der Waals surface area (Å²) in [6.07, 6.45) is 1.40. The summed E-state index contributed by atoms with van der Waals surface area (Å²) in [6.45, 7) is 6.27. The minimum atomic E-state index is -0.534. The summed E-state index contributed by atoms with van der Waals surface area (Å²) < 4.78 is 6.62. The Balaban J connectivity index is 2.04. The fourth-order valence-corrected chi connectivity index (χ4v) is 2.96. The molecule has 1 aromatic heterocycles. The number of hydrogen-bond donors (Lipinski definition) is 0. The van der Waals surface area contributed by atoms with Crippen molar-refractivity contribution in [2.24, 2.45) is 0 Å². The molecule has 2 aromatic rings. The van der Waals surface area contributed by atoms with E-state index in [-0.39, 0.29) is 29.8 Å². The molecule has 24 heavy (non-hydrogen) atoms. The van der Waals surface area contributed by atoms with Crippen molar-refractivity contribution >= 4 is 29.2 Å². The minimum absolute atomic E-state index is 0.0585. The molecule has 1 unspecified atom stereocenters. The van der Waals surface area contributed by atoms with Crippen molar-refractivity contribution in [3.63, 3.8) is 0 Å². The average Bonchev–Trinajstić information content (AvgIpc) is 3.00. The SMILES string of the molecule is CCOC(=O)c1cnn2c1C(=O)N(c1ccc(Cl)c(C)c1)CC2C. The molecule has 0 spiro atoms. The van der Waals surface area contributed by atoms with Gasteiger partial charge in [-0.05, 0) is 44.5 Å². The van der Waals surface area contributed by atoms with Crippen LogP contribution in [-0.4, -0.2) is 34.8 Å². The highest BCUT2D eigenvalue weighted by atomic mass is 35.5. The van der Waals surface area contributed by atoms with Crippen molar-refractivity contribution < 1.29 is 14.3 Å². The molecular weight excluding hydrogens is 330 g/mol. The standard InChI is InChI=1S/C17H18ClN3O3/c1-4-24-17(23)13-8-19-21-11(3)9-20(16(22)15(13)21)12-5-6-14(18)10(2)7-12/h5-8,11H,4,9H2,1-3H3. The van der Waals surface area contributed by atoms with Gasteiger partial charge in [-0.25, -0.2) is 4.79 Å². The highest BCUT2D eigenvalue weighted by molar-refractivity contribution is 6.31. The third-order valence-electron chi connectivity index (χ3n) is 4.06. The second kappa shape index (κ2) is 6.28. The molecule has 0 bridgehead atoms. The molecule has 0 saturated heterocycles. The van der Waals surface area contributed by atoms with E-state index in [0.717, 1.165) is 11.3 Å². The number of esters is 1. The van der Waals surface area contributed by atoms with Crippen molar-refractivity contribution in [3.05, 3.63) is 46.2 Å². The highest BCUT2D eigenvalue weighted by Crippen LogP contribution is 2.30. The van der Waals surface area contributed by atoms with E-state index in [0.29, 0.717) is 11.6 Å². The Morgan fingerprint density at radius 1 is 1.46 bits per heavy atom. The van der Waals surface area contributed by atoms with Crippen LogP contribution in [0.25, 0.3) is 0 Å². The van der Waals surface area contributed by atoms with Gasteiger partial charge in [-0.15, -0.1) is 0 Å².